The van der Waals surface area contributed by atoms with Gasteiger partial charge in [-0.3, -0.25) is 11.3 Å². The summed E-state index contributed by atoms with van der Waals surface area (Å²) in [6.07, 6.45) is -0.775. The van der Waals surface area contributed by atoms with Gasteiger partial charge in [-0.05, 0) is 17.7 Å². The van der Waals surface area contributed by atoms with Crippen LogP contribution in [0, 0.1) is 5.82 Å². The van der Waals surface area contributed by atoms with Crippen molar-refractivity contribution >= 4 is 11.6 Å². The number of hydrazine groups is 1. The molecule has 1 atom stereocenters. The minimum atomic E-state index is -0.775. The fourth-order valence-electron chi connectivity index (χ4n) is 0.949. The van der Waals surface area contributed by atoms with Gasteiger partial charge >= 0.3 is 0 Å². The summed E-state index contributed by atoms with van der Waals surface area (Å²) in [7, 11) is 0. The second-order valence-corrected chi connectivity index (χ2v) is 3.00. The zero-order valence-corrected chi connectivity index (χ0v) is 7.55. The van der Waals surface area contributed by atoms with Crippen molar-refractivity contribution in [3.8, 4) is 0 Å². The first kappa shape index (κ1) is 10.4. The van der Waals surface area contributed by atoms with Gasteiger partial charge in [-0.2, -0.15) is 0 Å². The highest BCUT2D eigenvalue weighted by atomic mass is 35.5. The lowest BCUT2D eigenvalue weighted by atomic mass is 10.1. The van der Waals surface area contributed by atoms with Crippen molar-refractivity contribution in [1.82, 2.24) is 5.43 Å². The molecule has 1 aromatic rings. The van der Waals surface area contributed by atoms with Crippen LogP contribution in [0.3, 0.4) is 0 Å². The zero-order valence-electron chi connectivity index (χ0n) is 6.80. The van der Waals surface area contributed by atoms with Gasteiger partial charge in [-0.25, -0.2) is 4.39 Å². The predicted molar refractivity (Wildman–Crippen MR) is 48.6 cm³/mol. The molecule has 0 bridgehead atoms. The van der Waals surface area contributed by atoms with Crippen LogP contribution < -0.4 is 11.3 Å². The molecule has 0 radical (unpaired) electrons. The van der Waals surface area contributed by atoms with E-state index >= 15 is 0 Å². The average molecular weight is 205 g/mol. The summed E-state index contributed by atoms with van der Waals surface area (Å²) >= 11 is 5.52. The van der Waals surface area contributed by atoms with E-state index < -0.39 is 11.9 Å². The van der Waals surface area contributed by atoms with Crippen LogP contribution >= 0.6 is 11.6 Å². The molecule has 0 fully saturated rings. The molecule has 1 aromatic carbocycles. The first-order chi connectivity index (χ1) is 6.15. The number of hydrogen-bond acceptors (Lipinski definition) is 3. The maximum Gasteiger partial charge on any atom is 0.141 e. The summed E-state index contributed by atoms with van der Waals surface area (Å²) in [6, 6.07) is 4.04. The van der Waals surface area contributed by atoms with Crippen LogP contribution in [-0.4, -0.2) is 11.7 Å². The van der Waals surface area contributed by atoms with E-state index in [1.165, 1.54) is 18.2 Å². The van der Waals surface area contributed by atoms with Gasteiger partial charge in [0, 0.05) is 6.54 Å². The highest BCUT2D eigenvalue weighted by Gasteiger charge is 2.08. The molecule has 0 saturated heterocycles. The van der Waals surface area contributed by atoms with Crippen LogP contribution in [0.4, 0.5) is 4.39 Å². The Bertz CT molecular complexity index is 295. The number of nitrogens with one attached hydrogen (secondary N) is 1. The molecule has 0 aliphatic heterocycles. The van der Waals surface area contributed by atoms with Crippen molar-refractivity contribution in [3.63, 3.8) is 0 Å². The highest BCUT2D eigenvalue weighted by molar-refractivity contribution is 6.30. The zero-order chi connectivity index (χ0) is 9.84. The molecular weight excluding hydrogens is 195 g/mol. The maximum absolute atomic E-state index is 12.7. The van der Waals surface area contributed by atoms with Gasteiger partial charge < -0.3 is 5.11 Å². The SMILES string of the molecule is NNCC(O)c1ccc(F)c(Cl)c1. The van der Waals surface area contributed by atoms with Gasteiger partial charge in [0.05, 0.1) is 11.1 Å². The van der Waals surface area contributed by atoms with Crippen LogP contribution in [0.2, 0.25) is 5.02 Å². The number of benzene rings is 1. The summed E-state index contributed by atoms with van der Waals surface area (Å²) in [5.74, 6) is 4.52. The summed E-state index contributed by atoms with van der Waals surface area (Å²) < 4.78 is 12.7. The molecule has 0 amide bonds. The molecule has 0 saturated carbocycles. The molecule has 72 valence electrons. The van der Waals surface area contributed by atoms with E-state index in [0.29, 0.717) is 5.56 Å². The van der Waals surface area contributed by atoms with Crippen LogP contribution in [-0.2, 0) is 0 Å². The minimum Gasteiger partial charge on any atom is -0.387 e. The van der Waals surface area contributed by atoms with E-state index in [4.69, 9.17) is 17.4 Å². The lowest BCUT2D eigenvalue weighted by Gasteiger charge is -2.10. The Morgan fingerprint density at radius 1 is 1.62 bits per heavy atom. The molecule has 13 heavy (non-hydrogen) atoms. The minimum absolute atomic E-state index is 0.00595. The third-order valence-electron chi connectivity index (χ3n) is 1.64. The Hall–Kier alpha value is -0.680. The molecule has 0 spiro atoms. The fraction of sp³-hybridized carbons (Fsp3) is 0.250. The average Bonchev–Trinajstić information content (AvgIpc) is 2.10. The van der Waals surface area contributed by atoms with Gasteiger partial charge in [-0.15, -0.1) is 0 Å². The Morgan fingerprint density at radius 2 is 2.31 bits per heavy atom. The summed E-state index contributed by atoms with van der Waals surface area (Å²) in [4.78, 5) is 0. The highest BCUT2D eigenvalue weighted by Crippen LogP contribution is 2.20. The molecule has 0 heterocycles. The Morgan fingerprint density at radius 3 is 2.85 bits per heavy atom. The molecule has 1 unspecified atom stereocenters. The maximum atomic E-state index is 12.7. The number of nitrogens with two attached hydrogens (primary N) is 1. The Kier molecular flexibility index (Phi) is 3.62. The van der Waals surface area contributed by atoms with Crippen molar-refractivity contribution in [2.24, 2.45) is 5.84 Å². The predicted octanol–water partition coefficient (Wildman–Crippen LogP) is 0.976. The van der Waals surface area contributed by atoms with E-state index in [2.05, 4.69) is 5.43 Å². The third-order valence-corrected chi connectivity index (χ3v) is 1.93. The number of halogens is 2. The second-order valence-electron chi connectivity index (χ2n) is 2.60. The smallest absolute Gasteiger partial charge is 0.141 e. The molecule has 3 nitrogen and oxygen atoms in total. The lowest BCUT2D eigenvalue weighted by Crippen LogP contribution is -2.27. The van der Waals surface area contributed by atoms with Crippen molar-refractivity contribution in [2.45, 2.75) is 6.10 Å². The monoisotopic (exact) mass is 204 g/mol. The molecule has 5 heteroatoms. The first-order valence-corrected chi connectivity index (χ1v) is 4.09. The molecule has 0 aliphatic rings. The van der Waals surface area contributed by atoms with Crippen molar-refractivity contribution in [3.05, 3.63) is 34.6 Å². The van der Waals surface area contributed by atoms with Gasteiger partial charge in [0.25, 0.3) is 0 Å². The van der Waals surface area contributed by atoms with Crippen LogP contribution in [0.15, 0.2) is 18.2 Å². The third kappa shape index (κ3) is 2.63. The molecule has 0 aromatic heterocycles. The van der Waals surface area contributed by atoms with E-state index in [0.717, 1.165) is 0 Å². The van der Waals surface area contributed by atoms with E-state index in [1.807, 2.05) is 0 Å². The van der Waals surface area contributed by atoms with Crippen molar-refractivity contribution < 1.29 is 9.50 Å². The fourth-order valence-corrected chi connectivity index (χ4v) is 1.14. The van der Waals surface area contributed by atoms with Crippen molar-refractivity contribution in [1.29, 1.82) is 0 Å². The van der Waals surface area contributed by atoms with E-state index in [-0.39, 0.29) is 11.6 Å². The number of rotatable bonds is 3. The molecule has 0 aliphatic carbocycles. The number of hydrogen-bond donors (Lipinski definition) is 3. The summed E-state index contributed by atoms with van der Waals surface area (Å²) in [5.41, 5.74) is 2.84. The summed E-state index contributed by atoms with van der Waals surface area (Å²) in [5, 5.41) is 9.41. The standard InChI is InChI=1S/C8H10ClFN2O/c9-6-3-5(1-2-7(6)10)8(13)4-12-11/h1-3,8,12-13H,4,11H2. The lowest BCUT2D eigenvalue weighted by molar-refractivity contribution is 0.175. The molecule has 1 rings (SSSR count). The topological polar surface area (TPSA) is 58.3 Å². The second kappa shape index (κ2) is 4.53. The molecular formula is C8H10ClFN2O. The van der Waals surface area contributed by atoms with Crippen LogP contribution in [0.1, 0.15) is 11.7 Å². The van der Waals surface area contributed by atoms with Gasteiger partial charge in [0.1, 0.15) is 5.82 Å². The Balaban J connectivity index is 2.84. The normalized spacial score (nSPS) is 12.9. The first-order valence-electron chi connectivity index (χ1n) is 3.71. The largest absolute Gasteiger partial charge is 0.387 e. The van der Waals surface area contributed by atoms with E-state index in [1.54, 1.807) is 0 Å². The van der Waals surface area contributed by atoms with Gasteiger partial charge in [-0.1, -0.05) is 17.7 Å². The number of aliphatic hydroxyl groups is 1. The van der Waals surface area contributed by atoms with Crippen LogP contribution in [0.25, 0.3) is 0 Å². The van der Waals surface area contributed by atoms with Gasteiger partial charge in [0.2, 0.25) is 0 Å². The van der Waals surface area contributed by atoms with Crippen molar-refractivity contribution in [2.75, 3.05) is 6.54 Å². The van der Waals surface area contributed by atoms with E-state index in [9.17, 15) is 9.50 Å². The molecule has 4 N–H and O–H groups in total. The van der Waals surface area contributed by atoms with Gasteiger partial charge in [0.15, 0.2) is 0 Å². The van der Waals surface area contributed by atoms with Crippen LogP contribution in [0.5, 0.6) is 0 Å². The summed E-state index contributed by atoms with van der Waals surface area (Å²) in [6.45, 7) is 0.196. The quantitative estimate of drug-likeness (QED) is 0.508. The number of aliphatic hydroxyl groups excluding tert-OH is 1. The Labute approximate surface area is 80.3 Å².